The largest absolute Gasteiger partial charge is 0.480 e. The van der Waals surface area contributed by atoms with Gasteiger partial charge in [-0.15, -0.1) is 0 Å². The van der Waals surface area contributed by atoms with Gasteiger partial charge < -0.3 is 27.4 Å². The Morgan fingerprint density at radius 2 is 1.07 bits per heavy atom. The highest BCUT2D eigenvalue weighted by Crippen LogP contribution is 1.93. The first-order valence-corrected chi connectivity index (χ1v) is 3.72. The molecule has 0 spiro atoms. The molecular formula is C7H17N3O4. The van der Waals surface area contributed by atoms with E-state index in [4.69, 9.17) is 27.4 Å². The number of hydrogen-bond acceptors (Lipinski definition) is 5. The number of hydrogen-bond donors (Lipinski definition) is 5. The predicted octanol–water partition coefficient (Wildman–Crippen LogP) is -1.49. The van der Waals surface area contributed by atoms with Gasteiger partial charge in [-0.3, -0.25) is 4.79 Å². The zero-order valence-corrected chi connectivity index (χ0v) is 8.44. The van der Waals surface area contributed by atoms with Gasteiger partial charge in [-0.1, -0.05) is 0 Å². The molecule has 0 aromatic rings. The molecule has 0 aliphatic carbocycles. The topological polar surface area (TPSA) is 153 Å². The van der Waals surface area contributed by atoms with Crippen LogP contribution >= 0.6 is 0 Å². The molecule has 0 rings (SSSR count). The molecule has 0 radical (unpaired) electrons. The van der Waals surface area contributed by atoms with Gasteiger partial charge in [0, 0.05) is 0 Å². The molecule has 0 saturated carbocycles. The third-order valence-electron chi connectivity index (χ3n) is 1.01. The lowest BCUT2D eigenvalue weighted by molar-refractivity contribution is -0.143. The first-order valence-electron chi connectivity index (χ1n) is 3.72. The lowest BCUT2D eigenvalue weighted by Gasteiger charge is -2.09. The summed E-state index contributed by atoms with van der Waals surface area (Å²) in [4.78, 5) is 19.7. The summed E-state index contributed by atoms with van der Waals surface area (Å²) in [6.45, 7) is 4.10. The third-order valence-corrected chi connectivity index (χ3v) is 1.01. The van der Waals surface area contributed by atoms with E-state index in [1.807, 2.05) is 0 Å². The van der Waals surface area contributed by atoms with E-state index in [9.17, 15) is 9.59 Å². The SMILES string of the molecule is CC(C)(N)C(=O)O.CC(N)(N)C(=O)O. The van der Waals surface area contributed by atoms with E-state index < -0.39 is 23.1 Å². The van der Waals surface area contributed by atoms with Crippen molar-refractivity contribution in [3.8, 4) is 0 Å². The average Bonchev–Trinajstić information content (AvgIpc) is 1.83. The fourth-order valence-corrected chi connectivity index (χ4v) is 0. The summed E-state index contributed by atoms with van der Waals surface area (Å²) in [6.07, 6.45) is 0. The van der Waals surface area contributed by atoms with Crippen LogP contribution in [0.1, 0.15) is 20.8 Å². The van der Waals surface area contributed by atoms with E-state index in [1.54, 1.807) is 0 Å². The fourth-order valence-electron chi connectivity index (χ4n) is 0. The Morgan fingerprint density at radius 3 is 1.07 bits per heavy atom. The Morgan fingerprint density at radius 1 is 0.929 bits per heavy atom. The lowest BCUT2D eigenvalue weighted by Crippen LogP contribution is -2.53. The zero-order chi connectivity index (χ0) is 12.2. The summed E-state index contributed by atoms with van der Waals surface area (Å²) >= 11 is 0. The first kappa shape index (κ1) is 15.3. The van der Waals surface area contributed by atoms with Crippen LogP contribution in [0.2, 0.25) is 0 Å². The van der Waals surface area contributed by atoms with E-state index in [1.165, 1.54) is 20.8 Å². The molecule has 0 amide bonds. The molecule has 7 nitrogen and oxygen atoms in total. The van der Waals surface area contributed by atoms with Gasteiger partial charge in [-0.2, -0.15) is 0 Å². The second kappa shape index (κ2) is 4.89. The molecule has 14 heavy (non-hydrogen) atoms. The molecule has 0 saturated heterocycles. The predicted molar refractivity (Wildman–Crippen MR) is 50.3 cm³/mol. The third kappa shape index (κ3) is 8.91. The number of nitrogens with two attached hydrogens (primary N) is 3. The van der Waals surface area contributed by atoms with E-state index in [0.29, 0.717) is 0 Å². The molecule has 0 aromatic carbocycles. The van der Waals surface area contributed by atoms with Crippen molar-refractivity contribution in [3.63, 3.8) is 0 Å². The van der Waals surface area contributed by atoms with Crippen molar-refractivity contribution in [3.05, 3.63) is 0 Å². The van der Waals surface area contributed by atoms with Gasteiger partial charge in [0.1, 0.15) is 5.54 Å². The van der Waals surface area contributed by atoms with Crippen LogP contribution < -0.4 is 17.2 Å². The standard InChI is InChI=1S/C4H9NO2.C3H8N2O2/c1-4(2,5)3(6)7;1-3(4,5)2(6)7/h5H2,1-2H3,(H,6,7);4-5H2,1H3,(H,6,7). The van der Waals surface area contributed by atoms with Crippen molar-refractivity contribution in [1.82, 2.24) is 0 Å². The van der Waals surface area contributed by atoms with Gasteiger partial charge in [-0.25, -0.2) is 4.79 Å². The van der Waals surface area contributed by atoms with Gasteiger partial charge in [0.05, 0.1) is 0 Å². The van der Waals surface area contributed by atoms with Crippen LogP contribution in [0.3, 0.4) is 0 Å². The van der Waals surface area contributed by atoms with Crippen LogP contribution in [0, 0.1) is 0 Å². The summed E-state index contributed by atoms with van der Waals surface area (Å²) in [7, 11) is 0. The van der Waals surface area contributed by atoms with E-state index in [-0.39, 0.29) is 0 Å². The summed E-state index contributed by atoms with van der Waals surface area (Å²) in [5, 5.41) is 16.1. The Bertz CT molecular complexity index is 190. The van der Waals surface area contributed by atoms with E-state index >= 15 is 0 Å². The number of carbonyl (C=O) groups is 2. The minimum absolute atomic E-state index is 0.979. The summed E-state index contributed by atoms with van der Waals surface area (Å²) in [6, 6.07) is 0. The second-order valence-corrected chi connectivity index (χ2v) is 3.61. The maximum Gasteiger partial charge on any atom is 0.338 e. The van der Waals surface area contributed by atoms with Crippen molar-refractivity contribution in [2.45, 2.75) is 32.0 Å². The van der Waals surface area contributed by atoms with Crippen LogP contribution in [0.15, 0.2) is 0 Å². The normalized spacial score (nSPS) is 11.3. The monoisotopic (exact) mass is 207 g/mol. The molecule has 0 aromatic heterocycles. The minimum Gasteiger partial charge on any atom is -0.480 e. The molecule has 0 heterocycles. The molecule has 0 fully saturated rings. The number of carboxylic acids is 2. The van der Waals surface area contributed by atoms with Crippen molar-refractivity contribution in [2.75, 3.05) is 0 Å². The summed E-state index contributed by atoms with van der Waals surface area (Å²) in [5.74, 6) is -2.18. The highest BCUT2D eigenvalue weighted by molar-refractivity contribution is 5.77. The van der Waals surface area contributed by atoms with Crippen LogP contribution in [0.25, 0.3) is 0 Å². The van der Waals surface area contributed by atoms with Gasteiger partial charge in [0.25, 0.3) is 0 Å². The molecule has 0 unspecified atom stereocenters. The lowest BCUT2D eigenvalue weighted by atomic mass is 10.1. The smallest absolute Gasteiger partial charge is 0.338 e. The van der Waals surface area contributed by atoms with Crippen LogP contribution in [0.5, 0.6) is 0 Å². The first-order chi connectivity index (χ1) is 5.89. The van der Waals surface area contributed by atoms with Crippen molar-refractivity contribution >= 4 is 11.9 Å². The van der Waals surface area contributed by atoms with E-state index in [2.05, 4.69) is 0 Å². The average molecular weight is 207 g/mol. The Labute approximate surface area is 81.9 Å². The van der Waals surface area contributed by atoms with Gasteiger partial charge in [-0.05, 0) is 20.8 Å². The molecular weight excluding hydrogens is 190 g/mol. The fraction of sp³-hybridized carbons (Fsp3) is 0.714. The Hall–Kier alpha value is -1.18. The number of rotatable bonds is 2. The molecule has 0 bridgehead atoms. The Balaban J connectivity index is 0. The van der Waals surface area contributed by atoms with Gasteiger partial charge in [0.2, 0.25) is 0 Å². The maximum absolute atomic E-state index is 9.90. The van der Waals surface area contributed by atoms with Crippen LogP contribution in [-0.2, 0) is 9.59 Å². The maximum atomic E-state index is 9.90. The molecule has 0 aliphatic heterocycles. The second-order valence-electron chi connectivity index (χ2n) is 3.61. The van der Waals surface area contributed by atoms with E-state index in [0.717, 1.165) is 0 Å². The Kier molecular flexibility index (Phi) is 5.35. The van der Waals surface area contributed by atoms with Gasteiger partial charge >= 0.3 is 11.9 Å². The highest BCUT2D eigenvalue weighted by Gasteiger charge is 2.20. The van der Waals surface area contributed by atoms with Crippen LogP contribution in [0.4, 0.5) is 0 Å². The highest BCUT2D eigenvalue weighted by atomic mass is 16.4. The summed E-state index contributed by atoms with van der Waals surface area (Å²) in [5.41, 5.74) is 12.1. The van der Waals surface area contributed by atoms with Crippen molar-refractivity contribution < 1.29 is 19.8 Å². The minimum atomic E-state index is -1.58. The molecule has 7 heteroatoms. The van der Waals surface area contributed by atoms with Gasteiger partial charge in [0.15, 0.2) is 5.66 Å². The molecule has 8 N–H and O–H groups in total. The quantitative estimate of drug-likeness (QED) is 0.346. The zero-order valence-electron chi connectivity index (χ0n) is 8.44. The molecule has 0 aliphatic rings. The number of carboxylic acid groups (broad SMARTS) is 2. The van der Waals surface area contributed by atoms with Crippen molar-refractivity contribution in [1.29, 1.82) is 0 Å². The summed E-state index contributed by atoms with van der Waals surface area (Å²) < 4.78 is 0. The molecule has 0 atom stereocenters. The number of aliphatic carboxylic acids is 2. The van der Waals surface area contributed by atoms with Crippen molar-refractivity contribution in [2.24, 2.45) is 17.2 Å². The van der Waals surface area contributed by atoms with Crippen LogP contribution in [-0.4, -0.2) is 33.4 Å². The molecule has 84 valence electrons.